The molecule has 0 aromatic carbocycles. The molecule has 0 aliphatic heterocycles. The van der Waals surface area contributed by atoms with E-state index in [1.165, 1.54) is 0 Å². The third-order valence-electron chi connectivity index (χ3n) is 2.57. The fourth-order valence-corrected chi connectivity index (χ4v) is 1.16. The zero-order valence-electron chi connectivity index (χ0n) is 9.01. The summed E-state index contributed by atoms with van der Waals surface area (Å²) in [4.78, 5) is 2.26. The van der Waals surface area contributed by atoms with Crippen molar-refractivity contribution < 1.29 is 0 Å². The lowest BCUT2D eigenvalue weighted by Crippen LogP contribution is -2.31. The molecule has 0 aliphatic carbocycles. The van der Waals surface area contributed by atoms with Crippen molar-refractivity contribution in [2.75, 3.05) is 19.3 Å². The fraction of sp³-hybridized carbons (Fsp3) is 0.875. The minimum absolute atomic E-state index is 0.377. The zero-order chi connectivity index (χ0) is 10.6. The van der Waals surface area contributed by atoms with Crippen molar-refractivity contribution in [3.05, 3.63) is 0 Å². The molecule has 0 amide bonds. The molecular weight excluding hydrogens is 180 g/mol. The van der Waals surface area contributed by atoms with E-state index in [9.17, 15) is 0 Å². The van der Waals surface area contributed by atoms with Crippen molar-refractivity contribution in [3.63, 3.8) is 0 Å². The van der Waals surface area contributed by atoms with Crippen molar-refractivity contribution in [1.82, 2.24) is 25.1 Å². The normalized spacial score (nSPS) is 13.4. The van der Waals surface area contributed by atoms with Crippen molar-refractivity contribution in [2.45, 2.75) is 32.9 Å². The number of aromatic nitrogens is 4. The van der Waals surface area contributed by atoms with Gasteiger partial charge in [-0.05, 0) is 30.8 Å². The average Bonchev–Trinajstić information content (AvgIpc) is 2.59. The van der Waals surface area contributed by atoms with Gasteiger partial charge in [-0.1, -0.05) is 12.0 Å². The molecule has 0 radical (unpaired) electrons. The molecule has 0 aliphatic rings. The third kappa shape index (κ3) is 2.66. The summed E-state index contributed by atoms with van der Waals surface area (Å²) < 4.78 is 1.61. The van der Waals surface area contributed by atoms with Crippen LogP contribution in [0.3, 0.4) is 0 Å². The highest BCUT2D eigenvalue weighted by Gasteiger charge is 2.07. The third-order valence-corrected chi connectivity index (χ3v) is 2.57. The van der Waals surface area contributed by atoms with Gasteiger partial charge in [0.05, 0.1) is 6.54 Å². The molecule has 1 heterocycles. The second-order valence-electron chi connectivity index (χ2n) is 3.50. The van der Waals surface area contributed by atoms with E-state index in [2.05, 4.69) is 41.3 Å². The van der Waals surface area contributed by atoms with Gasteiger partial charge in [0.25, 0.3) is 0 Å². The van der Waals surface area contributed by atoms with Gasteiger partial charge in [-0.15, -0.1) is 0 Å². The molecule has 1 aromatic rings. The molecule has 1 atom stereocenters. The number of nitrogen functional groups attached to an aromatic ring is 1. The van der Waals surface area contributed by atoms with Gasteiger partial charge < -0.3 is 10.6 Å². The Bertz CT molecular complexity index is 271. The standard InChI is InChI=1S/C8H18N6/c1-4-7(2)13(3)5-6-14-8(9)10-11-12-14/h7H,4-6H2,1-3H3,(H2,9,10,12). The van der Waals surface area contributed by atoms with Crippen LogP contribution in [-0.4, -0.2) is 44.7 Å². The number of likely N-dealkylation sites (N-methyl/N-ethyl adjacent to an activating group) is 1. The van der Waals surface area contributed by atoms with E-state index in [0.29, 0.717) is 12.0 Å². The SMILES string of the molecule is CCC(C)N(C)CCn1nnnc1N. The topological polar surface area (TPSA) is 72.9 Å². The summed E-state index contributed by atoms with van der Waals surface area (Å²) in [6.45, 7) is 6.01. The van der Waals surface area contributed by atoms with Crippen LogP contribution in [0.2, 0.25) is 0 Å². The van der Waals surface area contributed by atoms with Gasteiger partial charge in [0, 0.05) is 12.6 Å². The Kier molecular flexibility index (Phi) is 3.82. The summed E-state index contributed by atoms with van der Waals surface area (Å²) in [5.74, 6) is 0.377. The molecule has 6 nitrogen and oxygen atoms in total. The number of hydrogen-bond acceptors (Lipinski definition) is 5. The first-order valence-electron chi connectivity index (χ1n) is 4.87. The Balaban J connectivity index is 2.37. The Hall–Kier alpha value is -1.17. The molecule has 0 saturated carbocycles. The Morgan fingerprint density at radius 3 is 2.79 bits per heavy atom. The lowest BCUT2D eigenvalue weighted by molar-refractivity contribution is 0.239. The molecule has 0 bridgehead atoms. The van der Waals surface area contributed by atoms with E-state index < -0.39 is 0 Å². The molecule has 1 unspecified atom stereocenters. The zero-order valence-corrected chi connectivity index (χ0v) is 9.01. The smallest absolute Gasteiger partial charge is 0.240 e. The van der Waals surface area contributed by atoms with Gasteiger partial charge in [-0.2, -0.15) is 0 Å². The summed E-state index contributed by atoms with van der Waals surface area (Å²) in [6, 6.07) is 0.577. The van der Waals surface area contributed by atoms with E-state index >= 15 is 0 Å². The molecule has 0 spiro atoms. The van der Waals surface area contributed by atoms with Gasteiger partial charge in [0.1, 0.15) is 0 Å². The minimum Gasteiger partial charge on any atom is -0.367 e. The monoisotopic (exact) mass is 198 g/mol. The van der Waals surface area contributed by atoms with Gasteiger partial charge in [0.2, 0.25) is 5.95 Å². The van der Waals surface area contributed by atoms with Crippen LogP contribution in [0, 0.1) is 0 Å². The maximum absolute atomic E-state index is 5.54. The molecule has 14 heavy (non-hydrogen) atoms. The molecular formula is C8H18N6. The first-order chi connectivity index (χ1) is 6.65. The van der Waals surface area contributed by atoms with Crippen LogP contribution >= 0.6 is 0 Å². The van der Waals surface area contributed by atoms with Crippen LogP contribution < -0.4 is 5.73 Å². The highest BCUT2D eigenvalue weighted by atomic mass is 15.6. The van der Waals surface area contributed by atoms with Crippen LogP contribution in [0.15, 0.2) is 0 Å². The van der Waals surface area contributed by atoms with Crippen LogP contribution in [0.1, 0.15) is 20.3 Å². The lowest BCUT2D eigenvalue weighted by atomic mass is 10.2. The van der Waals surface area contributed by atoms with E-state index in [-0.39, 0.29) is 0 Å². The molecule has 80 valence electrons. The summed E-state index contributed by atoms with van der Waals surface area (Å²) in [7, 11) is 2.09. The second-order valence-corrected chi connectivity index (χ2v) is 3.50. The van der Waals surface area contributed by atoms with Crippen LogP contribution in [0.4, 0.5) is 5.95 Å². The summed E-state index contributed by atoms with van der Waals surface area (Å²) in [5, 5.41) is 10.9. The van der Waals surface area contributed by atoms with E-state index in [1.54, 1.807) is 4.68 Å². The first kappa shape index (κ1) is 10.9. The van der Waals surface area contributed by atoms with Gasteiger partial charge >= 0.3 is 0 Å². The number of rotatable bonds is 5. The largest absolute Gasteiger partial charge is 0.367 e. The van der Waals surface area contributed by atoms with Crippen molar-refractivity contribution in [1.29, 1.82) is 0 Å². The van der Waals surface area contributed by atoms with Gasteiger partial charge in [0.15, 0.2) is 0 Å². The lowest BCUT2D eigenvalue weighted by Gasteiger charge is -2.22. The van der Waals surface area contributed by atoms with Crippen LogP contribution in [0.5, 0.6) is 0 Å². The predicted octanol–water partition coefficient (Wildman–Crippen LogP) is -0.0144. The molecule has 0 saturated heterocycles. The van der Waals surface area contributed by atoms with Crippen LogP contribution in [-0.2, 0) is 6.54 Å². The Morgan fingerprint density at radius 1 is 1.57 bits per heavy atom. The summed E-state index contributed by atoms with van der Waals surface area (Å²) >= 11 is 0. The number of nitrogens with two attached hydrogens (primary N) is 1. The average molecular weight is 198 g/mol. The van der Waals surface area contributed by atoms with E-state index in [4.69, 9.17) is 5.73 Å². The quantitative estimate of drug-likeness (QED) is 0.720. The maximum Gasteiger partial charge on any atom is 0.240 e. The number of tetrazole rings is 1. The van der Waals surface area contributed by atoms with Gasteiger partial charge in [-0.25, -0.2) is 4.68 Å². The van der Waals surface area contributed by atoms with Crippen molar-refractivity contribution >= 4 is 5.95 Å². The summed E-state index contributed by atoms with van der Waals surface area (Å²) in [5.41, 5.74) is 5.54. The van der Waals surface area contributed by atoms with Gasteiger partial charge in [-0.3, -0.25) is 0 Å². The highest BCUT2D eigenvalue weighted by Crippen LogP contribution is 2.00. The van der Waals surface area contributed by atoms with Crippen molar-refractivity contribution in [2.24, 2.45) is 0 Å². The fourth-order valence-electron chi connectivity index (χ4n) is 1.16. The molecule has 6 heteroatoms. The molecule has 1 aromatic heterocycles. The minimum atomic E-state index is 0.377. The van der Waals surface area contributed by atoms with Crippen molar-refractivity contribution in [3.8, 4) is 0 Å². The number of hydrogen-bond donors (Lipinski definition) is 1. The Morgan fingerprint density at radius 2 is 2.29 bits per heavy atom. The Labute approximate surface area is 84.1 Å². The van der Waals surface area contributed by atoms with E-state index in [1.807, 2.05) is 0 Å². The number of anilines is 1. The van der Waals surface area contributed by atoms with E-state index in [0.717, 1.165) is 19.5 Å². The predicted molar refractivity (Wildman–Crippen MR) is 54.6 cm³/mol. The number of nitrogens with zero attached hydrogens (tertiary/aromatic N) is 5. The molecule has 1 rings (SSSR count). The highest BCUT2D eigenvalue weighted by molar-refractivity contribution is 5.09. The second kappa shape index (κ2) is 4.90. The maximum atomic E-state index is 5.54. The molecule has 0 fully saturated rings. The summed E-state index contributed by atoms with van der Waals surface area (Å²) in [6.07, 6.45) is 1.14. The molecule has 2 N–H and O–H groups in total. The van der Waals surface area contributed by atoms with Crippen LogP contribution in [0.25, 0.3) is 0 Å². The first-order valence-corrected chi connectivity index (χ1v) is 4.87.